The summed E-state index contributed by atoms with van der Waals surface area (Å²) < 4.78 is 1.83. The molecule has 0 atom stereocenters. The summed E-state index contributed by atoms with van der Waals surface area (Å²) in [4.78, 5) is 20.1. The Bertz CT molecular complexity index is 1100. The third-order valence-corrected chi connectivity index (χ3v) is 6.83. The molecule has 31 heavy (non-hydrogen) atoms. The first-order valence-corrected chi connectivity index (χ1v) is 11.6. The van der Waals surface area contributed by atoms with Gasteiger partial charge in [-0.3, -0.25) is 4.79 Å². The van der Waals surface area contributed by atoms with Crippen LogP contribution in [0.2, 0.25) is 15.1 Å². The van der Waals surface area contributed by atoms with Crippen molar-refractivity contribution < 1.29 is 4.79 Å². The van der Waals surface area contributed by atoms with Crippen LogP contribution in [-0.4, -0.2) is 33.4 Å². The van der Waals surface area contributed by atoms with Crippen LogP contribution in [0, 0.1) is 0 Å². The van der Waals surface area contributed by atoms with Crippen LogP contribution in [0.4, 0.5) is 0 Å². The number of imidazole rings is 1. The maximum Gasteiger partial charge on any atom is 0.289 e. The van der Waals surface area contributed by atoms with Crippen LogP contribution in [0.1, 0.15) is 42.7 Å². The Labute approximate surface area is 197 Å². The van der Waals surface area contributed by atoms with Gasteiger partial charge in [0.05, 0.1) is 16.4 Å². The predicted molar refractivity (Wildman–Crippen MR) is 128 cm³/mol. The van der Waals surface area contributed by atoms with Crippen LogP contribution in [0.15, 0.2) is 42.5 Å². The molecule has 1 aliphatic carbocycles. The van der Waals surface area contributed by atoms with Crippen molar-refractivity contribution in [1.82, 2.24) is 14.5 Å². The fourth-order valence-electron chi connectivity index (χ4n) is 4.28. The van der Waals surface area contributed by atoms with Gasteiger partial charge < -0.3 is 9.47 Å². The second-order valence-electron chi connectivity index (χ2n) is 8.03. The zero-order valence-corrected chi connectivity index (χ0v) is 19.8. The zero-order chi connectivity index (χ0) is 22.1. The molecular formula is C24H24Cl3N3O. The number of carbonyl (C=O) groups is 1. The number of hydrogen-bond donors (Lipinski definition) is 0. The molecule has 0 aliphatic heterocycles. The van der Waals surface area contributed by atoms with Crippen LogP contribution < -0.4 is 0 Å². The van der Waals surface area contributed by atoms with Crippen molar-refractivity contribution in [2.75, 3.05) is 7.05 Å². The van der Waals surface area contributed by atoms with Gasteiger partial charge in [-0.05, 0) is 43.2 Å². The molecule has 1 aliphatic rings. The molecule has 1 heterocycles. The highest BCUT2D eigenvalue weighted by atomic mass is 35.5. The van der Waals surface area contributed by atoms with Crippen LogP contribution in [0.25, 0.3) is 22.5 Å². The molecule has 0 unspecified atom stereocenters. The largest absolute Gasteiger partial charge is 0.336 e. The smallest absolute Gasteiger partial charge is 0.289 e. The molecule has 3 aromatic rings. The van der Waals surface area contributed by atoms with E-state index in [1.807, 2.05) is 53.9 Å². The first-order valence-electron chi connectivity index (χ1n) is 10.4. The summed E-state index contributed by atoms with van der Waals surface area (Å²) in [6.45, 7) is 0. The van der Waals surface area contributed by atoms with E-state index in [1.54, 1.807) is 12.1 Å². The standard InChI is InChI=1S/C24H24Cl3N3O/c1-29(18-6-4-3-5-7-18)24(31)23-28-21(15-8-10-16(25)11-9-15)22(30(23)2)19-13-12-17(26)14-20(19)27/h8-14,18H,3-7H2,1-2H3. The van der Waals surface area contributed by atoms with Gasteiger partial charge in [0.1, 0.15) is 0 Å². The monoisotopic (exact) mass is 475 g/mol. The molecule has 1 saturated carbocycles. The fraction of sp³-hybridized carbons (Fsp3) is 0.333. The van der Waals surface area contributed by atoms with Gasteiger partial charge in [0.25, 0.3) is 5.91 Å². The van der Waals surface area contributed by atoms with Crippen LogP contribution in [0.5, 0.6) is 0 Å². The molecule has 162 valence electrons. The summed E-state index contributed by atoms with van der Waals surface area (Å²) in [5, 5.41) is 1.70. The molecule has 7 heteroatoms. The molecule has 0 radical (unpaired) electrons. The number of benzene rings is 2. The summed E-state index contributed by atoms with van der Waals surface area (Å²) in [6.07, 6.45) is 5.62. The third-order valence-electron chi connectivity index (χ3n) is 6.03. The van der Waals surface area contributed by atoms with E-state index in [1.165, 1.54) is 6.42 Å². The van der Waals surface area contributed by atoms with Crippen molar-refractivity contribution in [2.24, 2.45) is 7.05 Å². The van der Waals surface area contributed by atoms with Crippen molar-refractivity contribution in [3.05, 3.63) is 63.4 Å². The van der Waals surface area contributed by atoms with Gasteiger partial charge >= 0.3 is 0 Å². The van der Waals surface area contributed by atoms with E-state index < -0.39 is 0 Å². The number of halogens is 3. The normalized spacial score (nSPS) is 14.6. The summed E-state index contributed by atoms with van der Waals surface area (Å²) in [6, 6.07) is 13.0. The van der Waals surface area contributed by atoms with Crippen molar-refractivity contribution >= 4 is 40.7 Å². The second kappa shape index (κ2) is 9.23. The van der Waals surface area contributed by atoms with Crippen LogP contribution >= 0.6 is 34.8 Å². The van der Waals surface area contributed by atoms with E-state index >= 15 is 0 Å². The highest BCUT2D eigenvalue weighted by Gasteiger charge is 2.29. The topological polar surface area (TPSA) is 38.1 Å². The van der Waals surface area contributed by atoms with E-state index in [2.05, 4.69) is 0 Å². The molecule has 4 rings (SSSR count). The molecule has 0 N–H and O–H groups in total. The Morgan fingerprint density at radius 1 is 1.00 bits per heavy atom. The Kier molecular flexibility index (Phi) is 6.61. The van der Waals surface area contributed by atoms with Gasteiger partial charge in [-0.25, -0.2) is 4.98 Å². The van der Waals surface area contributed by atoms with Crippen LogP contribution in [0.3, 0.4) is 0 Å². The van der Waals surface area contributed by atoms with E-state index in [0.717, 1.165) is 42.5 Å². The SMILES string of the molecule is CN(C(=O)c1nc(-c2ccc(Cl)cc2)c(-c2ccc(Cl)cc2Cl)n1C)C1CCCCC1. The summed E-state index contributed by atoms with van der Waals surface area (Å²) >= 11 is 18.8. The molecule has 0 bridgehead atoms. The molecule has 1 aromatic heterocycles. The minimum atomic E-state index is -0.0825. The van der Waals surface area contributed by atoms with Gasteiger partial charge in [-0.1, -0.05) is 66.2 Å². The Balaban J connectivity index is 1.83. The quantitative estimate of drug-likeness (QED) is 0.402. The average Bonchev–Trinajstić information content (AvgIpc) is 3.11. The third kappa shape index (κ3) is 4.48. The molecule has 4 nitrogen and oxygen atoms in total. The summed E-state index contributed by atoms with van der Waals surface area (Å²) in [5.41, 5.74) is 3.08. The van der Waals surface area contributed by atoms with Gasteiger partial charge in [0, 0.05) is 41.3 Å². The van der Waals surface area contributed by atoms with Gasteiger partial charge in [0.2, 0.25) is 0 Å². The summed E-state index contributed by atoms with van der Waals surface area (Å²) in [5.74, 6) is 0.306. The maximum absolute atomic E-state index is 13.5. The average molecular weight is 477 g/mol. The zero-order valence-electron chi connectivity index (χ0n) is 17.5. The Hall–Kier alpha value is -2.01. The molecule has 1 amide bonds. The first-order chi connectivity index (χ1) is 14.9. The first kappa shape index (κ1) is 22.2. The lowest BCUT2D eigenvalue weighted by molar-refractivity contribution is 0.0680. The fourth-order valence-corrected chi connectivity index (χ4v) is 4.90. The Morgan fingerprint density at radius 3 is 2.29 bits per heavy atom. The predicted octanol–water partition coefficient (Wildman–Crippen LogP) is 7.12. The van der Waals surface area contributed by atoms with Gasteiger partial charge in [-0.2, -0.15) is 0 Å². The number of aromatic nitrogens is 2. The lowest BCUT2D eigenvalue weighted by atomic mass is 9.94. The van der Waals surface area contributed by atoms with Crippen molar-refractivity contribution in [3.63, 3.8) is 0 Å². The van der Waals surface area contributed by atoms with Gasteiger partial charge in [0.15, 0.2) is 5.82 Å². The number of hydrogen-bond acceptors (Lipinski definition) is 2. The molecule has 0 saturated heterocycles. The summed E-state index contributed by atoms with van der Waals surface area (Å²) in [7, 11) is 3.73. The number of rotatable bonds is 4. The molecular weight excluding hydrogens is 453 g/mol. The molecule has 2 aromatic carbocycles. The highest BCUT2D eigenvalue weighted by molar-refractivity contribution is 6.36. The molecule has 1 fully saturated rings. The highest BCUT2D eigenvalue weighted by Crippen LogP contribution is 2.38. The van der Waals surface area contributed by atoms with Crippen LogP contribution in [-0.2, 0) is 7.05 Å². The lowest BCUT2D eigenvalue weighted by Gasteiger charge is -2.30. The van der Waals surface area contributed by atoms with Crippen molar-refractivity contribution in [2.45, 2.75) is 38.1 Å². The lowest BCUT2D eigenvalue weighted by Crippen LogP contribution is -2.39. The number of carbonyl (C=O) groups excluding carboxylic acids is 1. The second-order valence-corrected chi connectivity index (χ2v) is 9.31. The minimum Gasteiger partial charge on any atom is -0.336 e. The minimum absolute atomic E-state index is 0.0825. The van der Waals surface area contributed by atoms with E-state index in [4.69, 9.17) is 39.8 Å². The number of nitrogens with zero attached hydrogens (tertiary/aromatic N) is 3. The van der Waals surface area contributed by atoms with E-state index in [9.17, 15) is 4.79 Å². The van der Waals surface area contributed by atoms with Crippen molar-refractivity contribution in [3.8, 4) is 22.5 Å². The number of amides is 1. The van der Waals surface area contributed by atoms with E-state index in [-0.39, 0.29) is 11.9 Å². The van der Waals surface area contributed by atoms with E-state index in [0.29, 0.717) is 26.6 Å². The van der Waals surface area contributed by atoms with Crippen molar-refractivity contribution in [1.29, 1.82) is 0 Å². The van der Waals surface area contributed by atoms with Gasteiger partial charge in [-0.15, -0.1) is 0 Å². The maximum atomic E-state index is 13.5. The molecule has 0 spiro atoms. The Morgan fingerprint density at radius 2 is 1.65 bits per heavy atom.